The van der Waals surface area contributed by atoms with Crippen molar-refractivity contribution >= 4 is 0 Å². The molecule has 0 radical (unpaired) electrons. The largest absolute Gasteiger partial charge is 0.327 e. The van der Waals surface area contributed by atoms with Crippen LogP contribution in [-0.2, 0) is 19.9 Å². The van der Waals surface area contributed by atoms with Crippen LogP contribution in [-0.4, -0.2) is 21.0 Å². The Bertz CT molecular complexity index is 495. The third-order valence-electron chi connectivity index (χ3n) is 2.56. The number of nitrogens with zero attached hydrogens (tertiary/aromatic N) is 3. The molecular formula is C12H15FN4. The van der Waals surface area contributed by atoms with Crippen molar-refractivity contribution in [3.8, 4) is 0 Å². The van der Waals surface area contributed by atoms with Crippen LogP contribution in [0.2, 0.25) is 0 Å². The van der Waals surface area contributed by atoms with Gasteiger partial charge in [0.1, 0.15) is 5.82 Å². The summed E-state index contributed by atoms with van der Waals surface area (Å²) >= 11 is 0. The molecule has 0 amide bonds. The molecule has 0 saturated carbocycles. The van der Waals surface area contributed by atoms with Crippen molar-refractivity contribution in [3.63, 3.8) is 0 Å². The van der Waals surface area contributed by atoms with Crippen LogP contribution in [0.15, 0.2) is 30.5 Å². The molecule has 1 unspecified atom stereocenters. The zero-order valence-corrected chi connectivity index (χ0v) is 9.68. The highest BCUT2D eigenvalue weighted by molar-refractivity contribution is 5.18. The molecule has 1 aromatic carbocycles. The lowest BCUT2D eigenvalue weighted by molar-refractivity contribution is 0.581. The zero-order valence-electron chi connectivity index (χ0n) is 9.68. The van der Waals surface area contributed by atoms with E-state index in [1.54, 1.807) is 23.9 Å². The number of aryl methyl sites for hydroxylation is 1. The fourth-order valence-electron chi connectivity index (χ4n) is 1.78. The fourth-order valence-corrected chi connectivity index (χ4v) is 1.78. The molecule has 0 bridgehead atoms. The monoisotopic (exact) mass is 234 g/mol. The lowest BCUT2D eigenvalue weighted by atomic mass is 10.0. The summed E-state index contributed by atoms with van der Waals surface area (Å²) in [6, 6.07) is 6.54. The maximum atomic E-state index is 13.4. The summed E-state index contributed by atoms with van der Waals surface area (Å²) in [5.74, 6) is -0.206. The summed E-state index contributed by atoms with van der Waals surface area (Å²) < 4.78 is 15.0. The molecule has 90 valence electrons. The average molecular weight is 234 g/mol. The van der Waals surface area contributed by atoms with Gasteiger partial charge in [0.05, 0.1) is 5.69 Å². The van der Waals surface area contributed by atoms with E-state index in [9.17, 15) is 4.39 Å². The highest BCUT2D eigenvalue weighted by Crippen LogP contribution is 2.10. The van der Waals surface area contributed by atoms with Crippen LogP contribution < -0.4 is 5.73 Å². The van der Waals surface area contributed by atoms with Gasteiger partial charge in [0.2, 0.25) is 0 Å². The van der Waals surface area contributed by atoms with Gasteiger partial charge in [-0.25, -0.2) is 4.39 Å². The lowest BCUT2D eigenvalue weighted by Gasteiger charge is -2.10. The van der Waals surface area contributed by atoms with Gasteiger partial charge in [0.15, 0.2) is 0 Å². The average Bonchev–Trinajstić information content (AvgIpc) is 2.67. The molecule has 17 heavy (non-hydrogen) atoms. The summed E-state index contributed by atoms with van der Waals surface area (Å²) in [7, 11) is 1.80. The second kappa shape index (κ2) is 5.05. The Kier molecular flexibility index (Phi) is 3.49. The number of nitrogens with two attached hydrogens (primary N) is 1. The predicted octanol–water partition coefficient (Wildman–Crippen LogP) is 1.07. The highest BCUT2D eigenvalue weighted by Gasteiger charge is 2.10. The van der Waals surface area contributed by atoms with Gasteiger partial charge in [-0.2, -0.15) is 0 Å². The molecule has 0 spiro atoms. The van der Waals surface area contributed by atoms with Crippen molar-refractivity contribution in [1.29, 1.82) is 0 Å². The zero-order chi connectivity index (χ0) is 12.3. The minimum atomic E-state index is -0.206. The number of aromatic nitrogens is 3. The number of hydrogen-bond acceptors (Lipinski definition) is 3. The van der Waals surface area contributed by atoms with E-state index in [0.717, 1.165) is 5.69 Å². The third kappa shape index (κ3) is 3.10. The first-order chi connectivity index (χ1) is 8.15. The maximum absolute atomic E-state index is 13.4. The van der Waals surface area contributed by atoms with E-state index in [-0.39, 0.29) is 11.9 Å². The van der Waals surface area contributed by atoms with Crippen molar-refractivity contribution in [2.75, 3.05) is 0 Å². The molecule has 0 aliphatic carbocycles. The first-order valence-electron chi connectivity index (χ1n) is 5.49. The molecule has 1 heterocycles. The summed E-state index contributed by atoms with van der Waals surface area (Å²) in [6.45, 7) is 0. The predicted molar refractivity (Wildman–Crippen MR) is 62.8 cm³/mol. The lowest BCUT2D eigenvalue weighted by Crippen LogP contribution is -2.26. The molecule has 0 fully saturated rings. The Hall–Kier alpha value is -1.75. The van der Waals surface area contributed by atoms with Gasteiger partial charge in [-0.05, 0) is 18.1 Å². The Balaban J connectivity index is 1.98. The third-order valence-corrected chi connectivity index (χ3v) is 2.56. The molecule has 1 atom stereocenters. The quantitative estimate of drug-likeness (QED) is 0.860. The molecule has 0 aliphatic heterocycles. The number of rotatable bonds is 4. The Labute approximate surface area is 99.2 Å². The Morgan fingerprint density at radius 3 is 2.76 bits per heavy atom. The first-order valence-corrected chi connectivity index (χ1v) is 5.49. The second-order valence-electron chi connectivity index (χ2n) is 4.14. The molecule has 0 saturated heterocycles. The number of halogens is 1. The smallest absolute Gasteiger partial charge is 0.126 e. The Morgan fingerprint density at radius 1 is 1.35 bits per heavy atom. The Morgan fingerprint density at radius 2 is 2.12 bits per heavy atom. The molecule has 2 N–H and O–H groups in total. The van der Waals surface area contributed by atoms with Gasteiger partial charge < -0.3 is 5.73 Å². The van der Waals surface area contributed by atoms with Crippen LogP contribution in [0.4, 0.5) is 4.39 Å². The summed E-state index contributed by atoms with van der Waals surface area (Å²) in [5, 5.41) is 7.79. The minimum absolute atomic E-state index is 0.149. The van der Waals surface area contributed by atoms with Crippen molar-refractivity contribution < 1.29 is 4.39 Å². The SMILES string of the molecule is Cn1cc(CC(N)Cc2ccccc2F)nn1. The van der Waals surface area contributed by atoms with E-state index in [4.69, 9.17) is 5.73 Å². The first kappa shape index (κ1) is 11.7. The summed E-state index contributed by atoms with van der Waals surface area (Å²) in [5.41, 5.74) is 7.44. The fraction of sp³-hybridized carbons (Fsp3) is 0.333. The van der Waals surface area contributed by atoms with Crippen LogP contribution in [0.5, 0.6) is 0 Å². The van der Waals surface area contributed by atoms with E-state index >= 15 is 0 Å². The van der Waals surface area contributed by atoms with Crippen molar-refractivity contribution in [1.82, 2.24) is 15.0 Å². The van der Waals surface area contributed by atoms with Crippen molar-refractivity contribution in [2.24, 2.45) is 12.8 Å². The molecule has 1 aromatic heterocycles. The standard InChI is InChI=1S/C12H15FN4/c1-17-8-11(15-16-17)7-10(14)6-9-4-2-3-5-12(9)13/h2-5,8,10H,6-7,14H2,1H3. The van der Waals surface area contributed by atoms with E-state index in [1.165, 1.54) is 6.07 Å². The van der Waals surface area contributed by atoms with Gasteiger partial charge in [-0.15, -0.1) is 5.10 Å². The van der Waals surface area contributed by atoms with Gasteiger partial charge >= 0.3 is 0 Å². The van der Waals surface area contributed by atoms with Gasteiger partial charge in [0.25, 0.3) is 0 Å². The van der Waals surface area contributed by atoms with Gasteiger partial charge in [0, 0.05) is 25.7 Å². The summed E-state index contributed by atoms with van der Waals surface area (Å²) in [6.07, 6.45) is 2.92. The van der Waals surface area contributed by atoms with E-state index < -0.39 is 0 Å². The van der Waals surface area contributed by atoms with Crippen LogP contribution in [0, 0.1) is 5.82 Å². The molecule has 5 heteroatoms. The number of hydrogen-bond donors (Lipinski definition) is 1. The van der Waals surface area contributed by atoms with Crippen LogP contribution in [0.25, 0.3) is 0 Å². The van der Waals surface area contributed by atoms with Crippen molar-refractivity contribution in [2.45, 2.75) is 18.9 Å². The molecule has 2 rings (SSSR count). The highest BCUT2D eigenvalue weighted by atomic mass is 19.1. The van der Waals surface area contributed by atoms with E-state index in [1.807, 2.05) is 12.3 Å². The molecular weight excluding hydrogens is 219 g/mol. The van der Waals surface area contributed by atoms with Crippen LogP contribution >= 0.6 is 0 Å². The van der Waals surface area contributed by atoms with E-state index in [0.29, 0.717) is 18.4 Å². The summed E-state index contributed by atoms with van der Waals surface area (Å²) in [4.78, 5) is 0. The van der Waals surface area contributed by atoms with Gasteiger partial charge in [-0.1, -0.05) is 23.4 Å². The topological polar surface area (TPSA) is 56.7 Å². The molecule has 4 nitrogen and oxygen atoms in total. The van der Waals surface area contributed by atoms with Crippen LogP contribution in [0.3, 0.4) is 0 Å². The molecule has 0 aliphatic rings. The molecule has 2 aromatic rings. The van der Waals surface area contributed by atoms with Crippen molar-refractivity contribution in [3.05, 3.63) is 47.5 Å². The van der Waals surface area contributed by atoms with Gasteiger partial charge in [-0.3, -0.25) is 4.68 Å². The maximum Gasteiger partial charge on any atom is 0.126 e. The van der Waals surface area contributed by atoms with E-state index in [2.05, 4.69) is 10.3 Å². The number of benzene rings is 1. The normalized spacial score (nSPS) is 12.6. The second-order valence-corrected chi connectivity index (χ2v) is 4.14. The minimum Gasteiger partial charge on any atom is -0.327 e. The van der Waals surface area contributed by atoms with Crippen LogP contribution in [0.1, 0.15) is 11.3 Å².